The van der Waals surface area contributed by atoms with E-state index in [9.17, 15) is 0 Å². The molecule has 2 nitrogen and oxygen atoms in total. The third-order valence-electron chi connectivity index (χ3n) is 4.31. The number of benzene rings is 2. The van der Waals surface area contributed by atoms with Crippen LogP contribution >= 0.6 is 0 Å². The zero-order valence-electron chi connectivity index (χ0n) is 12.6. The summed E-state index contributed by atoms with van der Waals surface area (Å²) >= 11 is 0. The number of nitrogens with two attached hydrogens (primary N) is 1. The lowest BCUT2D eigenvalue weighted by Crippen LogP contribution is -2.17. The van der Waals surface area contributed by atoms with E-state index in [2.05, 4.69) is 43.3 Å². The van der Waals surface area contributed by atoms with Gasteiger partial charge in [0.25, 0.3) is 0 Å². The average Bonchev–Trinajstić information content (AvgIpc) is 2.53. The molecule has 0 spiro atoms. The molecule has 0 fully saturated rings. The van der Waals surface area contributed by atoms with Crippen LogP contribution in [-0.4, -0.2) is 0 Å². The van der Waals surface area contributed by atoms with Crippen LogP contribution < -0.4 is 10.5 Å². The van der Waals surface area contributed by atoms with E-state index in [1.807, 2.05) is 6.07 Å². The Bertz CT molecular complexity index is 603. The molecular weight excluding hydrogens is 258 g/mol. The van der Waals surface area contributed by atoms with Crippen LogP contribution in [0.15, 0.2) is 42.5 Å². The minimum atomic E-state index is 0.199. The van der Waals surface area contributed by atoms with Crippen LogP contribution in [0.5, 0.6) is 5.75 Å². The van der Waals surface area contributed by atoms with Crippen molar-refractivity contribution in [3.05, 3.63) is 64.7 Å². The van der Waals surface area contributed by atoms with Gasteiger partial charge in [-0.2, -0.15) is 0 Å². The normalized spacial score (nSPS) is 17.3. The molecule has 1 unspecified atom stereocenters. The molecular formula is C19H23NO. The highest BCUT2D eigenvalue weighted by molar-refractivity contribution is 5.39. The van der Waals surface area contributed by atoms with E-state index < -0.39 is 0 Å². The molecule has 2 N–H and O–H groups in total. The Morgan fingerprint density at radius 3 is 2.62 bits per heavy atom. The van der Waals surface area contributed by atoms with E-state index in [-0.39, 0.29) is 6.04 Å². The van der Waals surface area contributed by atoms with Gasteiger partial charge in [-0.15, -0.1) is 0 Å². The minimum Gasteiger partial charge on any atom is -0.489 e. The van der Waals surface area contributed by atoms with E-state index in [0.717, 1.165) is 25.0 Å². The Morgan fingerprint density at radius 1 is 1.10 bits per heavy atom. The topological polar surface area (TPSA) is 35.2 Å². The molecule has 2 aromatic rings. The summed E-state index contributed by atoms with van der Waals surface area (Å²) in [4.78, 5) is 0. The number of ether oxygens (including phenoxy) is 1. The van der Waals surface area contributed by atoms with Gasteiger partial charge >= 0.3 is 0 Å². The second-order valence-electron chi connectivity index (χ2n) is 5.82. The quantitative estimate of drug-likeness (QED) is 0.913. The number of rotatable bonds is 4. The van der Waals surface area contributed by atoms with Gasteiger partial charge in [-0.25, -0.2) is 0 Å². The van der Waals surface area contributed by atoms with Gasteiger partial charge in [-0.3, -0.25) is 0 Å². The highest BCUT2D eigenvalue weighted by Crippen LogP contribution is 2.30. The lowest BCUT2D eigenvalue weighted by atomic mass is 9.88. The van der Waals surface area contributed by atoms with Gasteiger partial charge in [0, 0.05) is 6.04 Å². The molecule has 3 rings (SSSR count). The Labute approximate surface area is 126 Å². The fourth-order valence-corrected chi connectivity index (χ4v) is 2.96. The molecule has 0 saturated heterocycles. The summed E-state index contributed by atoms with van der Waals surface area (Å²) in [6.45, 7) is 2.79. The fraction of sp³-hybridized carbons (Fsp3) is 0.368. The Kier molecular flexibility index (Phi) is 4.26. The van der Waals surface area contributed by atoms with Crippen molar-refractivity contribution in [3.63, 3.8) is 0 Å². The van der Waals surface area contributed by atoms with E-state index in [4.69, 9.17) is 10.5 Å². The van der Waals surface area contributed by atoms with Gasteiger partial charge in [0.05, 0.1) is 0 Å². The molecule has 0 heterocycles. The zero-order valence-corrected chi connectivity index (χ0v) is 12.6. The third-order valence-corrected chi connectivity index (χ3v) is 4.31. The van der Waals surface area contributed by atoms with Crippen LogP contribution in [-0.2, 0) is 19.4 Å². The van der Waals surface area contributed by atoms with Crippen LogP contribution in [0.2, 0.25) is 0 Å². The van der Waals surface area contributed by atoms with Crippen LogP contribution in [0.4, 0.5) is 0 Å². The first-order valence-electron chi connectivity index (χ1n) is 7.85. The van der Waals surface area contributed by atoms with Gasteiger partial charge in [0.15, 0.2) is 0 Å². The van der Waals surface area contributed by atoms with Crippen molar-refractivity contribution >= 4 is 0 Å². The minimum absolute atomic E-state index is 0.199. The smallest absolute Gasteiger partial charge is 0.120 e. The maximum absolute atomic E-state index is 6.15. The summed E-state index contributed by atoms with van der Waals surface area (Å²) in [7, 11) is 0. The summed E-state index contributed by atoms with van der Waals surface area (Å²) < 4.78 is 5.93. The van der Waals surface area contributed by atoms with E-state index in [1.54, 1.807) is 0 Å². The van der Waals surface area contributed by atoms with Crippen molar-refractivity contribution < 1.29 is 4.74 Å². The van der Waals surface area contributed by atoms with Crippen molar-refractivity contribution in [2.75, 3.05) is 0 Å². The van der Waals surface area contributed by atoms with Crippen LogP contribution in [0.1, 0.15) is 48.1 Å². The number of aryl methyl sites for hydroxylation is 2. The lowest BCUT2D eigenvalue weighted by molar-refractivity contribution is 0.305. The summed E-state index contributed by atoms with van der Waals surface area (Å²) in [5.74, 6) is 0.947. The number of hydrogen-bond donors (Lipinski definition) is 1. The van der Waals surface area contributed by atoms with Crippen molar-refractivity contribution in [3.8, 4) is 5.75 Å². The summed E-state index contributed by atoms with van der Waals surface area (Å²) in [6.07, 6.45) is 4.46. The van der Waals surface area contributed by atoms with Gasteiger partial charge in [-0.05, 0) is 60.1 Å². The Hall–Kier alpha value is -1.80. The third kappa shape index (κ3) is 3.27. The first kappa shape index (κ1) is 14.2. The molecule has 0 amide bonds. The van der Waals surface area contributed by atoms with Crippen molar-refractivity contribution in [1.82, 2.24) is 0 Å². The van der Waals surface area contributed by atoms with Crippen LogP contribution in [0.25, 0.3) is 0 Å². The summed E-state index contributed by atoms with van der Waals surface area (Å²) in [5.41, 5.74) is 11.4. The predicted octanol–water partition coefficient (Wildman–Crippen LogP) is 4.16. The molecule has 1 atom stereocenters. The summed E-state index contributed by atoms with van der Waals surface area (Å²) in [6, 6.07) is 15.2. The maximum atomic E-state index is 6.15. The Morgan fingerprint density at radius 2 is 1.86 bits per heavy atom. The van der Waals surface area contributed by atoms with Crippen molar-refractivity contribution in [2.45, 2.75) is 45.3 Å². The molecule has 1 aliphatic rings. The number of hydrogen-bond acceptors (Lipinski definition) is 2. The zero-order chi connectivity index (χ0) is 14.7. The largest absolute Gasteiger partial charge is 0.489 e. The highest BCUT2D eigenvalue weighted by Gasteiger charge is 2.16. The second kappa shape index (κ2) is 6.31. The lowest BCUT2D eigenvalue weighted by Gasteiger charge is -2.22. The maximum Gasteiger partial charge on any atom is 0.120 e. The van der Waals surface area contributed by atoms with Gasteiger partial charge in [0.1, 0.15) is 12.4 Å². The molecule has 0 saturated carbocycles. The first-order chi connectivity index (χ1) is 10.3. The van der Waals surface area contributed by atoms with E-state index in [0.29, 0.717) is 6.61 Å². The fourth-order valence-electron chi connectivity index (χ4n) is 2.96. The molecule has 1 aliphatic carbocycles. The standard InChI is InChI=1S/C19H23NO/c1-2-14-6-8-15(9-7-14)13-21-17-10-11-18-16(12-17)4-3-5-19(18)20/h6-12,19H,2-5,13,20H2,1H3. The van der Waals surface area contributed by atoms with Crippen molar-refractivity contribution in [1.29, 1.82) is 0 Å². The Balaban J connectivity index is 1.67. The molecule has 110 valence electrons. The predicted molar refractivity (Wildman–Crippen MR) is 86.5 cm³/mol. The summed E-state index contributed by atoms with van der Waals surface area (Å²) in [5, 5.41) is 0. The van der Waals surface area contributed by atoms with Gasteiger partial charge in [-0.1, -0.05) is 37.3 Å². The van der Waals surface area contributed by atoms with E-state index in [1.165, 1.54) is 28.7 Å². The molecule has 2 heteroatoms. The van der Waals surface area contributed by atoms with Gasteiger partial charge < -0.3 is 10.5 Å². The van der Waals surface area contributed by atoms with Crippen molar-refractivity contribution in [2.24, 2.45) is 5.73 Å². The highest BCUT2D eigenvalue weighted by atomic mass is 16.5. The van der Waals surface area contributed by atoms with Gasteiger partial charge in [0.2, 0.25) is 0 Å². The SMILES string of the molecule is CCc1ccc(COc2ccc3c(c2)CCCC3N)cc1. The second-order valence-corrected chi connectivity index (χ2v) is 5.82. The average molecular weight is 281 g/mol. The molecule has 0 aromatic heterocycles. The first-order valence-corrected chi connectivity index (χ1v) is 7.85. The van der Waals surface area contributed by atoms with Crippen LogP contribution in [0.3, 0.4) is 0 Å². The number of fused-ring (bicyclic) bond motifs is 1. The van der Waals surface area contributed by atoms with E-state index >= 15 is 0 Å². The molecule has 0 radical (unpaired) electrons. The van der Waals surface area contributed by atoms with Crippen LogP contribution in [0, 0.1) is 0 Å². The molecule has 0 bridgehead atoms. The molecule has 2 aromatic carbocycles. The monoisotopic (exact) mass is 281 g/mol. The molecule has 0 aliphatic heterocycles. The molecule has 21 heavy (non-hydrogen) atoms.